The van der Waals surface area contributed by atoms with E-state index >= 15 is 0 Å². The van der Waals surface area contributed by atoms with Crippen LogP contribution in [0.5, 0.6) is 0 Å². The third kappa shape index (κ3) is 6.26. The number of unbranched alkanes of at least 4 members (excludes halogenated alkanes) is 1. The molecule has 0 aromatic rings. The Bertz CT molecular complexity index is 329. The van der Waals surface area contributed by atoms with Crippen molar-refractivity contribution in [3.8, 4) is 0 Å². The molecule has 0 saturated carbocycles. The van der Waals surface area contributed by atoms with Gasteiger partial charge in [0, 0.05) is 19.6 Å². The molecule has 1 saturated heterocycles. The van der Waals surface area contributed by atoms with Gasteiger partial charge in [-0.3, -0.25) is 4.79 Å². The summed E-state index contributed by atoms with van der Waals surface area (Å²) < 4.78 is 0. The van der Waals surface area contributed by atoms with Crippen LogP contribution in [0.2, 0.25) is 0 Å². The Kier molecular flexibility index (Phi) is 6.30. The summed E-state index contributed by atoms with van der Waals surface area (Å²) in [7, 11) is 0. The minimum absolute atomic E-state index is 0.0513. The molecule has 0 spiro atoms. The summed E-state index contributed by atoms with van der Waals surface area (Å²) in [5.74, 6) is -1.03. The Morgan fingerprint density at radius 1 is 1.20 bits per heavy atom. The summed E-state index contributed by atoms with van der Waals surface area (Å²) in [5, 5.41) is 11.8. The second kappa shape index (κ2) is 7.50. The third-order valence-corrected chi connectivity index (χ3v) is 3.76. The number of rotatable bonds is 5. The SMILES string of the molecule is CC(C)(C)CCCCNC(=O)N1CCC(C(=O)O)CC1. The van der Waals surface area contributed by atoms with Crippen LogP contribution < -0.4 is 5.32 Å². The molecule has 2 N–H and O–H groups in total. The van der Waals surface area contributed by atoms with Crippen molar-refractivity contribution < 1.29 is 14.7 Å². The van der Waals surface area contributed by atoms with Crippen molar-refractivity contribution >= 4 is 12.0 Å². The molecule has 1 fully saturated rings. The largest absolute Gasteiger partial charge is 0.481 e. The van der Waals surface area contributed by atoms with Crippen molar-refractivity contribution in [3.63, 3.8) is 0 Å². The number of aliphatic carboxylic acids is 1. The predicted octanol–water partition coefficient (Wildman–Crippen LogP) is 2.71. The number of nitrogens with zero attached hydrogens (tertiary/aromatic N) is 1. The zero-order valence-corrected chi connectivity index (χ0v) is 12.9. The molecule has 0 aromatic carbocycles. The minimum atomic E-state index is -0.743. The van der Waals surface area contributed by atoms with Gasteiger partial charge in [-0.2, -0.15) is 0 Å². The average molecular weight is 284 g/mol. The summed E-state index contributed by atoms with van der Waals surface area (Å²) in [6, 6.07) is -0.0513. The van der Waals surface area contributed by atoms with E-state index in [9.17, 15) is 9.59 Å². The normalized spacial score (nSPS) is 17.1. The molecule has 1 aliphatic heterocycles. The molecule has 0 radical (unpaired) electrons. The van der Waals surface area contributed by atoms with Crippen LogP contribution >= 0.6 is 0 Å². The number of carbonyl (C=O) groups excluding carboxylic acids is 1. The Morgan fingerprint density at radius 3 is 2.30 bits per heavy atom. The molecule has 20 heavy (non-hydrogen) atoms. The Balaban J connectivity index is 2.13. The number of carboxylic acids is 1. The molecule has 0 aliphatic carbocycles. The number of urea groups is 1. The van der Waals surface area contributed by atoms with Gasteiger partial charge in [-0.1, -0.05) is 27.2 Å². The third-order valence-electron chi connectivity index (χ3n) is 3.76. The minimum Gasteiger partial charge on any atom is -0.481 e. The van der Waals surface area contributed by atoms with Gasteiger partial charge in [0.25, 0.3) is 0 Å². The summed E-state index contributed by atoms with van der Waals surface area (Å²) in [6.07, 6.45) is 4.39. The van der Waals surface area contributed by atoms with Crippen molar-refractivity contribution in [1.29, 1.82) is 0 Å². The van der Waals surface area contributed by atoms with E-state index < -0.39 is 5.97 Å². The highest BCUT2D eigenvalue weighted by molar-refractivity contribution is 5.75. The van der Waals surface area contributed by atoms with Crippen LogP contribution in [0.1, 0.15) is 52.9 Å². The molecular weight excluding hydrogens is 256 g/mol. The lowest BCUT2D eigenvalue weighted by molar-refractivity contribution is -0.143. The number of amides is 2. The Labute approximate surface area is 121 Å². The van der Waals surface area contributed by atoms with E-state index in [4.69, 9.17) is 5.11 Å². The molecule has 5 nitrogen and oxygen atoms in total. The van der Waals surface area contributed by atoms with Crippen LogP contribution in [0.4, 0.5) is 4.79 Å². The fourth-order valence-corrected chi connectivity index (χ4v) is 2.42. The fourth-order valence-electron chi connectivity index (χ4n) is 2.42. The van der Waals surface area contributed by atoms with Gasteiger partial charge in [-0.25, -0.2) is 4.79 Å². The van der Waals surface area contributed by atoms with Gasteiger partial charge in [0.1, 0.15) is 0 Å². The van der Waals surface area contributed by atoms with Crippen LogP contribution in [0, 0.1) is 11.3 Å². The molecule has 5 heteroatoms. The van der Waals surface area contributed by atoms with Gasteiger partial charge < -0.3 is 15.3 Å². The maximum atomic E-state index is 11.9. The van der Waals surface area contributed by atoms with E-state index in [1.807, 2.05) is 0 Å². The van der Waals surface area contributed by atoms with Crippen LogP contribution in [0.15, 0.2) is 0 Å². The van der Waals surface area contributed by atoms with Gasteiger partial charge >= 0.3 is 12.0 Å². The lowest BCUT2D eigenvalue weighted by Gasteiger charge is -2.30. The van der Waals surface area contributed by atoms with Crippen LogP contribution in [0.3, 0.4) is 0 Å². The maximum absolute atomic E-state index is 11.9. The molecule has 1 aliphatic rings. The molecule has 2 amide bonds. The lowest BCUT2D eigenvalue weighted by Crippen LogP contribution is -2.45. The van der Waals surface area contributed by atoms with E-state index in [-0.39, 0.29) is 11.9 Å². The van der Waals surface area contributed by atoms with Gasteiger partial charge in [0.15, 0.2) is 0 Å². The zero-order chi connectivity index (χ0) is 15.2. The summed E-state index contributed by atoms with van der Waals surface area (Å²) in [5.41, 5.74) is 0.350. The van der Waals surface area contributed by atoms with E-state index in [0.717, 1.165) is 19.3 Å². The van der Waals surface area contributed by atoms with E-state index in [0.29, 0.717) is 37.9 Å². The van der Waals surface area contributed by atoms with E-state index in [2.05, 4.69) is 26.1 Å². The maximum Gasteiger partial charge on any atom is 0.317 e. The smallest absolute Gasteiger partial charge is 0.317 e. The first kappa shape index (κ1) is 16.8. The molecule has 116 valence electrons. The highest BCUT2D eigenvalue weighted by Crippen LogP contribution is 2.21. The van der Waals surface area contributed by atoms with Crippen molar-refractivity contribution in [3.05, 3.63) is 0 Å². The van der Waals surface area contributed by atoms with Gasteiger partial charge in [-0.15, -0.1) is 0 Å². The van der Waals surface area contributed by atoms with Crippen LogP contribution in [-0.2, 0) is 4.79 Å². The molecular formula is C15H28N2O3. The standard InChI is InChI=1S/C15H28N2O3/c1-15(2,3)8-4-5-9-16-14(20)17-10-6-12(7-11-17)13(18)19/h12H,4-11H2,1-3H3,(H,16,20)(H,18,19). The number of hydrogen-bond donors (Lipinski definition) is 2. The number of likely N-dealkylation sites (tertiary alicyclic amines) is 1. The van der Waals surface area contributed by atoms with Gasteiger partial charge in [0.2, 0.25) is 0 Å². The van der Waals surface area contributed by atoms with Crippen molar-refractivity contribution in [2.24, 2.45) is 11.3 Å². The quantitative estimate of drug-likeness (QED) is 0.763. The van der Waals surface area contributed by atoms with Crippen LogP contribution in [0.25, 0.3) is 0 Å². The van der Waals surface area contributed by atoms with Gasteiger partial charge in [0.05, 0.1) is 5.92 Å². The molecule has 1 rings (SSSR count). The van der Waals surface area contributed by atoms with Crippen molar-refractivity contribution in [2.75, 3.05) is 19.6 Å². The second-order valence-electron chi connectivity index (χ2n) is 6.85. The lowest BCUT2D eigenvalue weighted by atomic mass is 9.90. The number of hydrogen-bond acceptors (Lipinski definition) is 2. The second-order valence-corrected chi connectivity index (χ2v) is 6.85. The fraction of sp³-hybridized carbons (Fsp3) is 0.867. The van der Waals surface area contributed by atoms with E-state index in [1.165, 1.54) is 0 Å². The molecule has 0 bridgehead atoms. The molecule has 1 heterocycles. The first-order chi connectivity index (χ1) is 9.29. The monoisotopic (exact) mass is 284 g/mol. The zero-order valence-electron chi connectivity index (χ0n) is 12.9. The van der Waals surface area contributed by atoms with Crippen molar-refractivity contribution in [1.82, 2.24) is 10.2 Å². The summed E-state index contributed by atoms with van der Waals surface area (Å²) in [6.45, 7) is 8.46. The number of carbonyl (C=O) groups is 2. The van der Waals surface area contributed by atoms with Gasteiger partial charge in [-0.05, 0) is 31.1 Å². The Hall–Kier alpha value is -1.26. The first-order valence-electron chi connectivity index (χ1n) is 7.55. The number of carboxylic acid groups (broad SMARTS) is 1. The van der Waals surface area contributed by atoms with Crippen molar-refractivity contribution in [2.45, 2.75) is 52.9 Å². The highest BCUT2D eigenvalue weighted by atomic mass is 16.4. The van der Waals surface area contributed by atoms with Crippen LogP contribution in [-0.4, -0.2) is 41.6 Å². The predicted molar refractivity (Wildman–Crippen MR) is 78.6 cm³/mol. The number of nitrogens with one attached hydrogen (secondary N) is 1. The van der Waals surface area contributed by atoms with E-state index in [1.54, 1.807) is 4.90 Å². The molecule has 0 atom stereocenters. The topological polar surface area (TPSA) is 69.6 Å². The highest BCUT2D eigenvalue weighted by Gasteiger charge is 2.26. The molecule has 0 unspecified atom stereocenters. The first-order valence-corrected chi connectivity index (χ1v) is 7.55. The average Bonchev–Trinajstić information content (AvgIpc) is 2.37. The number of piperidine rings is 1. The summed E-state index contributed by atoms with van der Waals surface area (Å²) in [4.78, 5) is 24.5. The Morgan fingerprint density at radius 2 is 1.80 bits per heavy atom. The molecule has 0 aromatic heterocycles. The summed E-state index contributed by atoms with van der Waals surface area (Å²) >= 11 is 0.